The number of benzene rings is 9. The molecule has 1 unspecified atom stereocenters. The van der Waals surface area contributed by atoms with E-state index < -0.39 is 5.41 Å². The van der Waals surface area contributed by atoms with E-state index in [2.05, 4.69) is 212 Å². The number of fused-ring (bicyclic) bond motifs is 13. The second-order valence-corrected chi connectivity index (χ2v) is 21.8. The van der Waals surface area contributed by atoms with Crippen LogP contribution < -0.4 is 9.80 Å². The lowest BCUT2D eigenvalue weighted by atomic mass is 9.51. The predicted octanol–water partition coefficient (Wildman–Crippen LogP) is 17.8. The van der Waals surface area contributed by atoms with E-state index in [1.165, 1.54) is 62.1 Å². The summed E-state index contributed by atoms with van der Waals surface area (Å²) in [7, 11) is 0. The van der Waals surface area contributed by atoms with Crippen molar-refractivity contribution in [3.05, 3.63) is 251 Å². The van der Waals surface area contributed by atoms with Crippen molar-refractivity contribution in [2.45, 2.75) is 62.7 Å². The highest BCUT2D eigenvalue weighted by Crippen LogP contribution is 2.65. The Morgan fingerprint density at radius 1 is 0.386 bits per heavy atom. The summed E-state index contributed by atoms with van der Waals surface area (Å²) >= 11 is 0. The molecular weight excluding hydrogens is 845 g/mol. The number of hydrogen-bond donors (Lipinski definition) is 0. The van der Waals surface area contributed by atoms with Crippen molar-refractivity contribution in [3.63, 3.8) is 0 Å². The molecule has 2 nitrogen and oxygen atoms in total. The zero-order chi connectivity index (χ0) is 49.8. The van der Waals surface area contributed by atoms with Gasteiger partial charge in [0.1, 0.15) is 0 Å². The average molecular weight is 905 g/mol. The summed E-state index contributed by atoms with van der Waals surface area (Å²) < 4.78 is 39.9. The summed E-state index contributed by atoms with van der Waals surface area (Å²) in [5.41, 5.74) is 19.4. The fraction of sp³-hybridized carbons (Fsp3) is 0.206. The van der Waals surface area contributed by atoms with Crippen molar-refractivity contribution in [2.24, 2.45) is 23.7 Å². The van der Waals surface area contributed by atoms with Crippen LogP contribution in [0.5, 0.6) is 0 Å². The van der Waals surface area contributed by atoms with Gasteiger partial charge in [0, 0.05) is 39.5 Å². The molecule has 0 amide bonds. The van der Waals surface area contributed by atoms with E-state index in [1.54, 1.807) is 0 Å². The lowest BCUT2D eigenvalue weighted by Gasteiger charge is -2.54. The molecule has 0 aliphatic heterocycles. The van der Waals surface area contributed by atoms with Crippen LogP contribution >= 0.6 is 0 Å². The highest BCUT2D eigenvalue weighted by Gasteiger charge is 2.53. The van der Waals surface area contributed by atoms with Gasteiger partial charge in [0.05, 0.1) is 10.9 Å². The minimum absolute atomic E-state index is 0.0476. The number of para-hydroxylation sites is 2. The first-order chi connectivity index (χ1) is 36.1. The largest absolute Gasteiger partial charge is 0.310 e. The maximum absolute atomic E-state index is 10.5. The van der Waals surface area contributed by atoms with Gasteiger partial charge in [0.2, 0.25) is 0 Å². The number of rotatable bonds is 7. The van der Waals surface area contributed by atoms with Crippen LogP contribution in [0.2, 0.25) is 0 Å². The molecule has 0 saturated heterocycles. The van der Waals surface area contributed by atoms with Crippen molar-refractivity contribution >= 4 is 34.1 Å². The van der Waals surface area contributed by atoms with Crippen molar-refractivity contribution in [1.29, 1.82) is 0 Å². The van der Waals surface area contributed by atoms with Gasteiger partial charge in [-0.2, -0.15) is 0 Å². The van der Waals surface area contributed by atoms with Crippen LogP contribution in [0.15, 0.2) is 212 Å². The van der Waals surface area contributed by atoms with Crippen molar-refractivity contribution < 1.29 is 5.48 Å². The van der Waals surface area contributed by atoms with E-state index in [9.17, 15) is 5.48 Å². The Kier molecular flexibility index (Phi) is 7.85. The minimum Gasteiger partial charge on any atom is -0.310 e. The van der Waals surface area contributed by atoms with E-state index in [0.717, 1.165) is 77.1 Å². The van der Waals surface area contributed by atoms with E-state index >= 15 is 0 Å². The Hall–Kier alpha value is -7.42. The molecule has 0 aromatic heterocycles. The molecule has 70 heavy (non-hydrogen) atoms. The Morgan fingerprint density at radius 2 is 0.800 bits per heavy atom. The molecule has 9 aromatic carbocycles. The van der Waals surface area contributed by atoms with Crippen molar-refractivity contribution in [3.8, 4) is 33.4 Å². The molecule has 338 valence electrons. The molecule has 4 bridgehead atoms. The van der Waals surface area contributed by atoms with Gasteiger partial charge >= 0.3 is 0 Å². The van der Waals surface area contributed by atoms with Gasteiger partial charge in [-0.3, -0.25) is 0 Å². The van der Waals surface area contributed by atoms with Crippen LogP contribution in [0.1, 0.15) is 96.3 Å². The Morgan fingerprint density at radius 3 is 1.33 bits per heavy atom. The summed E-state index contributed by atoms with van der Waals surface area (Å²) in [6, 6.07) is 68.5. The third kappa shape index (κ3) is 5.68. The zero-order valence-electron chi connectivity index (χ0n) is 43.7. The lowest BCUT2D eigenvalue weighted by Crippen LogP contribution is -2.43. The minimum atomic E-state index is -0.721. The third-order valence-electron chi connectivity index (χ3n) is 17.8. The van der Waals surface area contributed by atoms with E-state index in [0.29, 0.717) is 23.1 Å². The monoisotopic (exact) mass is 904 g/mol. The Balaban J connectivity index is 0.989. The zero-order valence-corrected chi connectivity index (χ0v) is 39.7. The van der Waals surface area contributed by atoms with Crippen molar-refractivity contribution in [2.75, 3.05) is 9.80 Å². The maximum Gasteiger partial charge on any atom is 0.0727 e. The highest BCUT2D eigenvalue weighted by molar-refractivity contribution is 5.98. The van der Waals surface area contributed by atoms with Gasteiger partial charge in [-0.1, -0.05) is 153 Å². The molecule has 1 spiro atoms. The summed E-state index contributed by atoms with van der Waals surface area (Å²) in [6.07, 6.45) is 5.86. The molecule has 4 saturated carbocycles. The lowest BCUT2D eigenvalue weighted by molar-refractivity contribution is -0.00276. The number of hydrogen-bond acceptors (Lipinski definition) is 2. The normalized spacial score (nSPS) is 23.8. The van der Waals surface area contributed by atoms with Gasteiger partial charge in [-0.05, 0) is 207 Å². The molecule has 0 heterocycles. The van der Waals surface area contributed by atoms with E-state index in [4.69, 9.17) is 0 Å². The molecule has 1 atom stereocenters. The fourth-order valence-corrected chi connectivity index (χ4v) is 15.3. The second-order valence-electron chi connectivity index (χ2n) is 21.8. The highest BCUT2D eigenvalue weighted by atomic mass is 15.1. The number of anilines is 6. The number of nitrogens with zero attached hydrogens (tertiary/aromatic N) is 2. The van der Waals surface area contributed by atoms with Gasteiger partial charge < -0.3 is 9.80 Å². The molecule has 0 N–H and O–H groups in total. The van der Waals surface area contributed by atoms with Crippen LogP contribution in [0, 0.1) is 23.7 Å². The molecule has 7 aliphatic rings. The molecule has 2 heteroatoms. The fourth-order valence-electron chi connectivity index (χ4n) is 15.3. The Labute approximate surface area is 418 Å². The molecule has 0 radical (unpaired) electrons. The first-order valence-corrected chi connectivity index (χ1v) is 25.6. The second kappa shape index (κ2) is 15.0. The van der Waals surface area contributed by atoms with Crippen LogP contribution in [0.25, 0.3) is 33.4 Å². The van der Waals surface area contributed by atoms with Gasteiger partial charge in [0.25, 0.3) is 0 Å². The van der Waals surface area contributed by atoms with Crippen LogP contribution in [-0.4, -0.2) is 0 Å². The standard InChI is InChI=1S/C68H56N2/c1-67(2)60-25-12-9-22-54(60)57-31-28-51(40-63(57)67)70(50-21-15-16-45(39-50)66-46-35-43-34-44(37-46)38-47(66)36-43)53-30-33-59-56-24-11-14-27-62(56)68(65(59)42-53)61-26-13-10-23-55(61)58-32-29-52(41-64(58)68)69(48-17-5-3-6-18-48)49-19-7-4-8-20-49/h3-33,39-44,46-47,66H,34-38H2,1-2H3/i15D,16D,21D,39D. The van der Waals surface area contributed by atoms with Gasteiger partial charge in [-0.25, -0.2) is 0 Å². The van der Waals surface area contributed by atoms with Crippen LogP contribution in [-0.2, 0) is 10.8 Å². The SMILES string of the molecule is [2H]c1c([2H])c(C2C3CC4CC(C3)CC2C4)c([2H])c(N(c2ccc3c(c2)C(C)(C)c2ccccc2-3)c2ccc3c(c2)C2(c4ccccc4-c4ccc(N(c5ccccc5)c5ccccc5)cc42)c2ccccc2-3)c1[2H]. The smallest absolute Gasteiger partial charge is 0.0727 e. The summed E-state index contributed by atoms with van der Waals surface area (Å²) in [4.78, 5) is 4.49. The quantitative estimate of drug-likeness (QED) is 0.157. The van der Waals surface area contributed by atoms with Crippen LogP contribution in [0.4, 0.5) is 34.1 Å². The van der Waals surface area contributed by atoms with E-state index in [-0.39, 0.29) is 35.5 Å². The molecule has 9 aromatic rings. The topological polar surface area (TPSA) is 6.48 Å². The first kappa shape index (κ1) is 36.5. The third-order valence-corrected chi connectivity index (χ3v) is 17.8. The van der Waals surface area contributed by atoms with Gasteiger partial charge in [0.15, 0.2) is 0 Å². The van der Waals surface area contributed by atoms with Crippen molar-refractivity contribution in [1.82, 2.24) is 0 Å². The molecule has 4 fully saturated rings. The summed E-state index contributed by atoms with van der Waals surface area (Å²) in [5.74, 6) is 2.30. The summed E-state index contributed by atoms with van der Waals surface area (Å²) in [5, 5.41) is 0. The maximum atomic E-state index is 10.5. The molecule has 16 rings (SSSR count). The Bertz CT molecular complexity index is 3730. The van der Waals surface area contributed by atoms with Gasteiger partial charge in [-0.15, -0.1) is 0 Å². The average Bonchev–Trinajstić information content (AvgIpc) is 4.07. The molecular formula is C68H56N2. The summed E-state index contributed by atoms with van der Waals surface area (Å²) in [6.45, 7) is 4.60. The van der Waals surface area contributed by atoms with E-state index in [1.807, 2.05) is 0 Å². The first-order valence-electron chi connectivity index (χ1n) is 27.6. The predicted molar refractivity (Wildman–Crippen MR) is 289 cm³/mol. The molecule has 7 aliphatic carbocycles. The van der Waals surface area contributed by atoms with Crippen LogP contribution in [0.3, 0.4) is 0 Å².